The van der Waals surface area contributed by atoms with Crippen LogP contribution in [0.4, 0.5) is 17.1 Å². The van der Waals surface area contributed by atoms with E-state index in [0.29, 0.717) is 16.9 Å². The fourth-order valence-electron chi connectivity index (χ4n) is 3.28. The second-order valence-electron chi connectivity index (χ2n) is 6.88. The molecular weight excluding hydrogens is 374 g/mol. The first-order valence-corrected chi connectivity index (χ1v) is 10.2. The third-order valence-electron chi connectivity index (χ3n) is 4.93. The summed E-state index contributed by atoms with van der Waals surface area (Å²) in [7, 11) is 0. The van der Waals surface area contributed by atoms with Crippen LogP contribution in [0.25, 0.3) is 0 Å². The summed E-state index contributed by atoms with van der Waals surface area (Å²) in [4.78, 5) is 28.3. The lowest BCUT2D eigenvalue weighted by atomic mass is 10.0. The molecule has 0 spiro atoms. The Morgan fingerprint density at radius 3 is 1.90 bits per heavy atom. The Morgan fingerprint density at radius 1 is 0.767 bits per heavy atom. The quantitative estimate of drug-likeness (QED) is 0.398. The molecular formula is C25H27N3O2. The smallest absolute Gasteiger partial charge is 0.255 e. The summed E-state index contributed by atoms with van der Waals surface area (Å²) in [6.45, 7) is 6.05. The Bertz CT molecular complexity index is 953. The predicted molar refractivity (Wildman–Crippen MR) is 123 cm³/mol. The van der Waals surface area contributed by atoms with Crippen molar-refractivity contribution in [1.82, 2.24) is 0 Å². The maximum Gasteiger partial charge on any atom is 0.255 e. The molecule has 3 aromatic carbocycles. The van der Waals surface area contributed by atoms with Crippen LogP contribution in [0.15, 0.2) is 84.9 Å². The molecule has 0 aliphatic heterocycles. The summed E-state index contributed by atoms with van der Waals surface area (Å²) in [6.07, 6.45) is 0. The van der Waals surface area contributed by atoms with E-state index in [-0.39, 0.29) is 5.78 Å². The van der Waals surface area contributed by atoms with Crippen LogP contribution in [0, 0.1) is 0 Å². The molecule has 0 aliphatic rings. The summed E-state index contributed by atoms with van der Waals surface area (Å²) >= 11 is 0. The number of nitrogens with zero attached hydrogens (tertiary/aromatic N) is 1. The van der Waals surface area contributed by atoms with Crippen LogP contribution in [-0.4, -0.2) is 30.8 Å². The van der Waals surface area contributed by atoms with Gasteiger partial charge >= 0.3 is 0 Å². The lowest BCUT2D eigenvalue weighted by Crippen LogP contribution is -2.41. The maximum absolute atomic E-state index is 13.1. The number of nitrogens with one attached hydrogen (secondary N) is 2. The Balaban J connectivity index is 1.83. The van der Waals surface area contributed by atoms with Gasteiger partial charge in [0.2, 0.25) is 0 Å². The molecule has 30 heavy (non-hydrogen) atoms. The number of hydrogen-bond donors (Lipinski definition) is 2. The number of amides is 1. The van der Waals surface area contributed by atoms with Crippen LogP contribution >= 0.6 is 0 Å². The molecule has 0 saturated heterocycles. The third kappa shape index (κ3) is 5.26. The van der Waals surface area contributed by atoms with Crippen molar-refractivity contribution < 1.29 is 9.59 Å². The molecule has 3 aromatic rings. The Hall–Kier alpha value is -3.60. The predicted octanol–water partition coefficient (Wildman–Crippen LogP) is 4.83. The Morgan fingerprint density at radius 2 is 1.33 bits per heavy atom. The fourth-order valence-corrected chi connectivity index (χ4v) is 3.28. The highest BCUT2D eigenvalue weighted by Gasteiger charge is 2.27. The van der Waals surface area contributed by atoms with E-state index in [4.69, 9.17) is 0 Å². The summed E-state index contributed by atoms with van der Waals surface area (Å²) in [5.74, 6) is -0.681. The lowest BCUT2D eigenvalue weighted by Gasteiger charge is -2.22. The van der Waals surface area contributed by atoms with Gasteiger partial charge in [-0.25, -0.2) is 0 Å². The zero-order valence-corrected chi connectivity index (χ0v) is 17.3. The van der Waals surface area contributed by atoms with E-state index < -0.39 is 11.9 Å². The molecule has 0 fully saturated rings. The molecule has 0 aromatic heterocycles. The first kappa shape index (κ1) is 21.1. The zero-order valence-electron chi connectivity index (χ0n) is 17.3. The van der Waals surface area contributed by atoms with Crippen LogP contribution in [0.5, 0.6) is 0 Å². The van der Waals surface area contributed by atoms with Crippen LogP contribution in [-0.2, 0) is 4.79 Å². The van der Waals surface area contributed by atoms with Crippen LogP contribution in [0.3, 0.4) is 0 Å². The molecule has 0 saturated carbocycles. The standard InChI is InChI=1S/C25H27N3O2/c1-3-28(4-2)22-17-15-21(16-18-22)26-23(24(29)19-11-7-5-8-12-19)25(30)27-20-13-9-6-10-14-20/h5-18,23,26H,3-4H2,1-2H3,(H,27,30). The Kier molecular flexibility index (Phi) is 7.22. The molecule has 1 amide bonds. The molecule has 3 rings (SSSR count). The van der Waals surface area contributed by atoms with Crippen molar-refractivity contribution in [2.75, 3.05) is 28.6 Å². The van der Waals surface area contributed by atoms with Crippen molar-refractivity contribution in [2.45, 2.75) is 19.9 Å². The zero-order chi connectivity index (χ0) is 21.3. The van der Waals surface area contributed by atoms with E-state index >= 15 is 0 Å². The van der Waals surface area contributed by atoms with Crippen LogP contribution in [0.1, 0.15) is 24.2 Å². The van der Waals surface area contributed by atoms with E-state index in [2.05, 4.69) is 29.4 Å². The highest BCUT2D eigenvalue weighted by atomic mass is 16.2. The fraction of sp³-hybridized carbons (Fsp3) is 0.200. The van der Waals surface area contributed by atoms with Crippen molar-refractivity contribution in [3.63, 3.8) is 0 Å². The van der Waals surface area contributed by atoms with Crippen molar-refractivity contribution in [2.24, 2.45) is 0 Å². The van der Waals surface area contributed by atoms with Crippen molar-refractivity contribution in [3.05, 3.63) is 90.5 Å². The van der Waals surface area contributed by atoms with Gasteiger partial charge in [0.05, 0.1) is 0 Å². The number of carbonyl (C=O) groups is 2. The van der Waals surface area contributed by atoms with Gasteiger partial charge in [0.25, 0.3) is 5.91 Å². The number of ketones is 1. The summed E-state index contributed by atoms with van der Waals surface area (Å²) in [5, 5.41) is 5.95. The van der Waals surface area contributed by atoms with Gasteiger partial charge in [-0.3, -0.25) is 9.59 Å². The number of carbonyl (C=O) groups excluding carboxylic acids is 2. The summed E-state index contributed by atoms with van der Waals surface area (Å²) < 4.78 is 0. The lowest BCUT2D eigenvalue weighted by molar-refractivity contribution is -0.116. The maximum atomic E-state index is 13.1. The average molecular weight is 402 g/mol. The molecule has 1 unspecified atom stereocenters. The van der Waals surface area contributed by atoms with Gasteiger partial charge in [0.15, 0.2) is 11.8 Å². The molecule has 0 radical (unpaired) electrons. The molecule has 0 bridgehead atoms. The summed E-state index contributed by atoms with van der Waals surface area (Å²) in [5.41, 5.74) is 2.94. The van der Waals surface area contributed by atoms with Crippen molar-refractivity contribution in [3.8, 4) is 0 Å². The van der Waals surface area contributed by atoms with Gasteiger partial charge in [0, 0.05) is 35.7 Å². The number of para-hydroxylation sites is 1. The second-order valence-corrected chi connectivity index (χ2v) is 6.88. The average Bonchev–Trinajstić information content (AvgIpc) is 2.80. The molecule has 1 atom stereocenters. The van der Waals surface area contributed by atoms with Crippen LogP contribution in [0.2, 0.25) is 0 Å². The van der Waals surface area contributed by atoms with E-state index in [9.17, 15) is 9.59 Å². The number of rotatable bonds is 9. The van der Waals surface area contributed by atoms with Crippen LogP contribution < -0.4 is 15.5 Å². The van der Waals surface area contributed by atoms with E-state index in [1.807, 2.05) is 48.5 Å². The van der Waals surface area contributed by atoms with Gasteiger partial charge in [-0.1, -0.05) is 48.5 Å². The van der Waals surface area contributed by atoms with Gasteiger partial charge in [-0.05, 0) is 50.2 Å². The van der Waals surface area contributed by atoms with E-state index in [1.54, 1.807) is 36.4 Å². The second kappa shape index (κ2) is 10.3. The van der Waals surface area contributed by atoms with E-state index in [0.717, 1.165) is 18.8 Å². The largest absolute Gasteiger partial charge is 0.372 e. The molecule has 2 N–H and O–H groups in total. The minimum Gasteiger partial charge on any atom is -0.372 e. The SMILES string of the molecule is CCN(CC)c1ccc(NC(C(=O)Nc2ccccc2)C(=O)c2ccccc2)cc1. The van der Waals surface area contributed by atoms with E-state index in [1.165, 1.54) is 0 Å². The number of anilines is 3. The highest BCUT2D eigenvalue weighted by molar-refractivity contribution is 6.18. The minimum atomic E-state index is -1.05. The van der Waals surface area contributed by atoms with Gasteiger partial charge in [-0.15, -0.1) is 0 Å². The normalized spacial score (nSPS) is 11.4. The number of Topliss-reactive ketones (excluding diaryl/α,β-unsaturated/α-hetero) is 1. The van der Waals surface area contributed by atoms with Gasteiger partial charge < -0.3 is 15.5 Å². The molecule has 0 heterocycles. The van der Waals surface area contributed by atoms with Crippen molar-refractivity contribution >= 4 is 28.8 Å². The molecule has 154 valence electrons. The monoisotopic (exact) mass is 401 g/mol. The van der Waals surface area contributed by atoms with Crippen molar-refractivity contribution in [1.29, 1.82) is 0 Å². The first-order chi connectivity index (χ1) is 14.6. The molecule has 0 aliphatic carbocycles. The van der Waals surface area contributed by atoms with Gasteiger partial charge in [-0.2, -0.15) is 0 Å². The Labute approximate surface area is 177 Å². The number of benzene rings is 3. The first-order valence-electron chi connectivity index (χ1n) is 10.2. The highest BCUT2D eigenvalue weighted by Crippen LogP contribution is 2.20. The summed E-state index contributed by atoms with van der Waals surface area (Å²) in [6, 6.07) is 24.7. The topological polar surface area (TPSA) is 61.4 Å². The minimum absolute atomic E-state index is 0.281. The molecule has 5 nitrogen and oxygen atoms in total. The number of hydrogen-bond acceptors (Lipinski definition) is 4. The molecule has 5 heteroatoms. The third-order valence-corrected chi connectivity index (χ3v) is 4.93. The van der Waals surface area contributed by atoms with Gasteiger partial charge in [0.1, 0.15) is 0 Å².